The molecule has 1 unspecified atom stereocenters. The van der Waals surface area contributed by atoms with Crippen LogP contribution in [0, 0.1) is 0 Å². The van der Waals surface area contributed by atoms with Crippen LogP contribution in [0.15, 0.2) is 73.1 Å². The van der Waals surface area contributed by atoms with Crippen molar-refractivity contribution in [3.8, 4) is 5.75 Å². The molecule has 3 rings (SSSR count). The van der Waals surface area contributed by atoms with Crippen molar-refractivity contribution >= 4 is 11.6 Å². The number of amides is 1. The lowest BCUT2D eigenvalue weighted by Gasteiger charge is -2.17. The lowest BCUT2D eigenvalue weighted by molar-refractivity contribution is 0.0940. The summed E-state index contributed by atoms with van der Waals surface area (Å²) in [7, 11) is 3.91. The van der Waals surface area contributed by atoms with Gasteiger partial charge in [0.1, 0.15) is 12.4 Å². The van der Waals surface area contributed by atoms with Gasteiger partial charge in [0, 0.05) is 43.3 Å². The number of ether oxygens (including phenoxy) is 1. The summed E-state index contributed by atoms with van der Waals surface area (Å²) in [6, 6.07) is 19.1. The third-order valence-corrected chi connectivity index (χ3v) is 4.48. The number of anilines is 1. The van der Waals surface area contributed by atoms with Crippen molar-refractivity contribution in [2.45, 2.75) is 19.6 Å². The van der Waals surface area contributed by atoms with E-state index in [-0.39, 0.29) is 11.9 Å². The third-order valence-electron chi connectivity index (χ3n) is 4.48. The molecule has 1 aromatic heterocycles. The Morgan fingerprint density at radius 1 is 1.11 bits per heavy atom. The number of benzene rings is 2. The topological polar surface area (TPSA) is 54.5 Å². The van der Waals surface area contributed by atoms with Gasteiger partial charge in [-0.15, -0.1) is 0 Å². The largest absolute Gasteiger partial charge is 0.489 e. The highest BCUT2D eigenvalue weighted by Crippen LogP contribution is 2.20. The van der Waals surface area contributed by atoms with Crippen LogP contribution in [0.3, 0.4) is 0 Å². The van der Waals surface area contributed by atoms with Gasteiger partial charge in [0.15, 0.2) is 0 Å². The second-order valence-electron chi connectivity index (χ2n) is 6.86. The summed E-state index contributed by atoms with van der Waals surface area (Å²) in [6.45, 7) is 2.45. The van der Waals surface area contributed by atoms with E-state index in [1.54, 1.807) is 12.4 Å². The van der Waals surface area contributed by atoms with Crippen LogP contribution in [0.2, 0.25) is 0 Å². The van der Waals surface area contributed by atoms with Gasteiger partial charge >= 0.3 is 0 Å². The number of aromatic nitrogens is 1. The normalized spacial score (nSPS) is 11.5. The van der Waals surface area contributed by atoms with Crippen LogP contribution in [0.1, 0.15) is 34.5 Å². The predicted octanol–water partition coefficient (Wildman–Crippen LogP) is 4.22. The maximum absolute atomic E-state index is 12.6. The van der Waals surface area contributed by atoms with Crippen LogP contribution in [-0.2, 0) is 6.61 Å². The summed E-state index contributed by atoms with van der Waals surface area (Å²) in [5.41, 5.74) is 3.68. The van der Waals surface area contributed by atoms with Crippen molar-refractivity contribution in [2.24, 2.45) is 0 Å². The van der Waals surface area contributed by atoms with E-state index in [0.29, 0.717) is 12.2 Å². The first-order valence-electron chi connectivity index (χ1n) is 9.23. The molecule has 0 fully saturated rings. The lowest BCUT2D eigenvalue weighted by atomic mass is 10.1. The van der Waals surface area contributed by atoms with E-state index in [4.69, 9.17) is 4.74 Å². The van der Waals surface area contributed by atoms with Gasteiger partial charge in [-0.3, -0.25) is 9.78 Å². The molecule has 0 saturated heterocycles. The summed E-state index contributed by atoms with van der Waals surface area (Å²) in [5.74, 6) is 0.693. The van der Waals surface area contributed by atoms with E-state index >= 15 is 0 Å². The first kappa shape index (κ1) is 19.4. The van der Waals surface area contributed by atoms with E-state index in [9.17, 15) is 4.79 Å². The van der Waals surface area contributed by atoms with E-state index in [1.165, 1.54) is 0 Å². The molecule has 5 heteroatoms. The monoisotopic (exact) mass is 375 g/mol. The Labute approximate surface area is 166 Å². The smallest absolute Gasteiger partial charge is 0.251 e. The van der Waals surface area contributed by atoms with Crippen LogP contribution in [0.5, 0.6) is 5.75 Å². The Balaban J connectivity index is 1.59. The van der Waals surface area contributed by atoms with Crippen molar-refractivity contribution in [1.29, 1.82) is 0 Å². The zero-order chi connectivity index (χ0) is 19.9. The van der Waals surface area contributed by atoms with Gasteiger partial charge in [0.25, 0.3) is 5.91 Å². The predicted molar refractivity (Wildman–Crippen MR) is 112 cm³/mol. The lowest BCUT2D eigenvalue weighted by Crippen LogP contribution is -2.26. The Kier molecular flexibility index (Phi) is 6.27. The molecular weight excluding hydrogens is 350 g/mol. The minimum absolute atomic E-state index is 0.0897. The maximum Gasteiger partial charge on any atom is 0.251 e. The highest BCUT2D eigenvalue weighted by molar-refractivity contribution is 5.95. The number of rotatable bonds is 7. The standard InChI is InChI=1S/C23H25N3O2/c1-17(25-23(27)20-7-4-8-21(14-20)26(2)3)19-9-11-22(12-10-19)28-16-18-6-5-13-24-15-18/h4-15,17H,16H2,1-3H3,(H,25,27). The molecule has 0 saturated carbocycles. The molecule has 0 spiro atoms. The van der Waals surface area contributed by atoms with Crippen LogP contribution in [0.4, 0.5) is 5.69 Å². The van der Waals surface area contributed by atoms with Gasteiger partial charge in [-0.25, -0.2) is 0 Å². The average molecular weight is 375 g/mol. The van der Waals surface area contributed by atoms with Crippen molar-refractivity contribution < 1.29 is 9.53 Å². The summed E-state index contributed by atoms with van der Waals surface area (Å²) in [6.07, 6.45) is 3.53. The van der Waals surface area contributed by atoms with Gasteiger partial charge in [-0.1, -0.05) is 24.3 Å². The number of nitrogens with zero attached hydrogens (tertiary/aromatic N) is 2. The fraction of sp³-hybridized carbons (Fsp3) is 0.217. The van der Waals surface area contributed by atoms with E-state index < -0.39 is 0 Å². The highest BCUT2D eigenvalue weighted by Gasteiger charge is 2.12. The maximum atomic E-state index is 12.6. The molecule has 28 heavy (non-hydrogen) atoms. The number of nitrogens with one attached hydrogen (secondary N) is 1. The molecule has 5 nitrogen and oxygen atoms in total. The molecule has 0 aliphatic heterocycles. The van der Waals surface area contributed by atoms with Gasteiger partial charge in [0.05, 0.1) is 6.04 Å². The number of carbonyl (C=O) groups excluding carboxylic acids is 1. The first-order chi connectivity index (χ1) is 13.5. The summed E-state index contributed by atoms with van der Waals surface area (Å²) in [5, 5.41) is 3.05. The molecule has 1 heterocycles. The number of pyridine rings is 1. The molecule has 1 atom stereocenters. The first-order valence-corrected chi connectivity index (χ1v) is 9.23. The molecule has 2 aromatic carbocycles. The zero-order valence-electron chi connectivity index (χ0n) is 16.4. The van der Waals surface area contributed by atoms with Crippen LogP contribution in [-0.4, -0.2) is 25.0 Å². The zero-order valence-corrected chi connectivity index (χ0v) is 16.4. The minimum Gasteiger partial charge on any atom is -0.489 e. The molecule has 144 valence electrons. The van der Waals surface area contributed by atoms with Crippen molar-refractivity contribution in [1.82, 2.24) is 10.3 Å². The molecule has 0 aliphatic rings. The summed E-state index contributed by atoms with van der Waals surface area (Å²) >= 11 is 0. The Bertz CT molecular complexity index is 909. The van der Waals surface area contributed by atoms with Gasteiger partial charge < -0.3 is 15.0 Å². The fourth-order valence-corrected chi connectivity index (χ4v) is 2.79. The van der Waals surface area contributed by atoms with Gasteiger partial charge in [-0.2, -0.15) is 0 Å². The van der Waals surface area contributed by atoms with Gasteiger partial charge in [-0.05, 0) is 48.9 Å². The molecular formula is C23H25N3O2. The summed E-state index contributed by atoms with van der Waals surface area (Å²) < 4.78 is 5.78. The molecule has 1 N–H and O–H groups in total. The van der Waals surface area contributed by atoms with Crippen LogP contribution >= 0.6 is 0 Å². The summed E-state index contributed by atoms with van der Waals surface area (Å²) in [4.78, 5) is 18.6. The van der Waals surface area contributed by atoms with Gasteiger partial charge in [0.2, 0.25) is 0 Å². The Morgan fingerprint density at radius 3 is 2.57 bits per heavy atom. The Morgan fingerprint density at radius 2 is 1.89 bits per heavy atom. The van der Waals surface area contributed by atoms with Crippen molar-refractivity contribution in [2.75, 3.05) is 19.0 Å². The van der Waals surface area contributed by atoms with Crippen molar-refractivity contribution in [3.05, 3.63) is 89.7 Å². The van der Waals surface area contributed by atoms with E-state index in [1.807, 2.05) is 86.6 Å². The fourth-order valence-electron chi connectivity index (χ4n) is 2.79. The van der Waals surface area contributed by atoms with E-state index in [0.717, 1.165) is 22.6 Å². The highest BCUT2D eigenvalue weighted by atomic mass is 16.5. The second-order valence-corrected chi connectivity index (χ2v) is 6.86. The Hall–Kier alpha value is -3.34. The average Bonchev–Trinajstić information content (AvgIpc) is 2.73. The third kappa shape index (κ3) is 5.10. The molecule has 0 radical (unpaired) electrons. The second kappa shape index (κ2) is 9.04. The van der Waals surface area contributed by atoms with Crippen LogP contribution in [0.25, 0.3) is 0 Å². The molecule has 0 bridgehead atoms. The minimum atomic E-state index is -0.108. The van der Waals surface area contributed by atoms with E-state index in [2.05, 4.69) is 10.3 Å². The van der Waals surface area contributed by atoms with Crippen LogP contribution < -0.4 is 15.0 Å². The molecule has 1 amide bonds. The number of carbonyl (C=O) groups is 1. The quantitative estimate of drug-likeness (QED) is 0.672. The number of hydrogen-bond donors (Lipinski definition) is 1. The number of hydrogen-bond acceptors (Lipinski definition) is 4. The SMILES string of the molecule is CC(NC(=O)c1cccc(N(C)C)c1)c1ccc(OCc2cccnc2)cc1. The molecule has 0 aliphatic carbocycles. The molecule has 3 aromatic rings. The van der Waals surface area contributed by atoms with Crippen molar-refractivity contribution in [3.63, 3.8) is 0 Å².